The molecular formula is C14H17N3O. The van der Waals surface area contributed by atoms with Crippen molar-refractivity contribution in [3.8, 4) is 0 Å². The maximum atomic E-state index is 6.24. The van der Waals surface area contributed by atoms with Crippen molar-refractivity contribution >= 4 is 5.82 Å². The lowest BCUT2D eigenvalue weighted by Crippen LogP contribution is -2.22. The minimum atomic E-state index is -0.342. The number of nitrogen functional groups attached to an aromatic ring is 1. The van der Waals surface area contributed by atoms with Crippen molar-refractivity contribution < 1.29 is 4.74 Å². The fourth-order valence-corrected chi connectivity index (χ4v) is 2.01. The van der Waals surface area contributed by atoms with Gasteiger partial charge in [-0.15, -0.1) is 0 Å². The van der Waals surface area contributed by atoms with E-state index in [0.29, 0.717) is 5.82 Å². The topological polar surface area (TPSA) is 74.2 Å². The summed E-state index contributed by atoms with van der Waals surface area (Å²) < 4.78 is 5.50. The van der Waals surface area contributed by atoms with Gasteiger partial charge in [0.05, 0.1) is 6.04 Å². The van der Waals surface area contributed by atoms with Gasteiger partial charge in [0.15, 0.2) is 0 Å². The lowest BCUT2D eigenvalue weighted by molar-refractivity contribution is 0.0803. The number of aromatic nitrogens is 1. The molecule has 0 radical (unpaired) electrons. The molecule has 0 bridgehead atoms. The molecule has 2 unspecified atom stereocenters. The van der Waals surface area contributed by atoms with E-state index in [2.05, 4.69) is 4.98 Å². The lowest BCUT2D eigenvalue weighted by atomic mass is 9.97. The van der Waals surface area contributed by atoms with Gasteiger partial charge < -0.3 is 16.2 Å². The monoisotopic (exact) mass is 243 g/mol. The number of rotatable bonds is 4. The molecule has 1 heterocycles. The zero-order valence-electron chi connectivity index (χ0n) is 10.3. The highest BCUT2D eigenvalue weighted by atomic mass is 16.5. The van der Waals surface area contributed by atoms with Gasteiger partial charge in [-0.25, -0.2) is 4.98 Å². The minimum Gasteiger partial charge on any atom is -0.383 e. The number of nitrogens with zero attached hydrogens (tertiary/aromatic N) is 1. The summed E-state index contributed by atoms with van der Waals surface area (Å²) in [7, 11) is 1.64. The predicted octanol–water partition coefficient (Wildman–Crippen LogP) is 2.05. The lowest BCUT2D eigenvalue weighted by Gasteiger charge is -2.23. The molecule has 0 aliphatic carbocycles. The van der Waals surface area contributed by atoms with E-state index >= 15 is 0 Å². The minimum absolute atomic E-state index is 0.238. The van der Waals surface area contributed by atoms with E-state index < -0.39 is 0 Å². The van der Waals surface area contributed by atoms with Gasteiger partial charge >= 0.3 is 0 Å². The summed E-state index contributed by atoms with van der Waals surface area (Å²) in [6.07, 6.45) is 1.41. The van der Waals surface area contributed by atoms with Crippen LogP contribution in [0.4, 0.5) is 5.82 Å². The standard InChI is InChI=1S/C14H17N3O/c1-18-13(10-6-3-2-4-7-10)12(15)11-8-5-9-17-14(11)16/h2-9,12-13H,15H2,1H3,(H2,16,17). The smallest absolute Gasteiger partial charge is 0.128 e. The number of hydrogen-bond acceptors (Lipinski definition) is 4. The molecule has 4 nitrogen and oxygen atoms in total. The van der Waals surface area contributed by atoms with E-state index in [4.69, 9.17) is 16.2 Å². The van der Waals surface area contributed by atoms with Crippen LogP contribution in [0.2, 0.25) is 0 Å². The Bertz CT molecular complexity index is 501. The molecule has 94 valence electrons. The number of anilines is 1. The van der Waals surface area contributed by atoms with Crippen LogP contribution in [0.5, 0.6) is 0 Å². The van der Waals surface area contributed by atoms with E-state index in [1.807, 2.05) is 42.5 Å². The molecule has 0 aliphatic heterocycles. The predicted molar refractivity (Wildman–Crippen MR) is 71.8 cm³/mol. The summed E-state index contributed by atoms with van der Waals surface area (Å²) in [5, 5.41) is 0. The van der Waals surface area contributed by atoms with Crippen LogP contribution in [-0.2, 0) is 4.74 Å². The maximum Gasteiger partial charge on any atom is 0.128 e. The van der Waals surface area contributed by atoms with Crippen LogP contribution in [-0.4, -0.2) is 12.1 Å². The average molecular weight is 243 g/mol. The van der Waals surface area contributed by atoms with Crippen molar-refractivity contribution in [2.75, 3.05) is 12.8 Å². The molecule has 0 spiro atoms. The summed E-state index contributed by atoms with van der Waals surface area (Å²) in [6, 6.07) is 13.2. The number of ether oxygens (including phenoxy) is 1. The number of hydrogen-bond donors (Lipinski definition) is 2. The fraction of sp³-hybridized carbons (Fsp3) is 0.214. The molecule has 2 aromatic rings. The molecule has 18 heavy (non-hydrogen) atoms. The summed E-state index contributed by atoms with van der Waals surface area (Å²) in [5.74, 6) is 0.447. The summed E-state index contributed by atoms with van der Waals surface area (Å²) in [5.41, 5.74) is 13.9. The number of pyridine rings is 1. The molecule has 0 fully saturated rings. The Kier molecular flexibility index (Phi) is 3.92. The largest absolute Gasteiger partial charge is 0.383 e. The second-order valence-electron chi connectivity index (χ2n) is 4.07. The van der Waals surface area contributed by atoms with Gasteiger partial charge in [-0.2, -0.15) is 0 Å². The first-order valence-electron chi connectivity index (χ1n) is 5.77. The molecule has 4 N–H and O–H groups in total. The Balaban J connectivity index is 2.32. The third-order valence-corrected chi connectivity index (χ3v) is 2.94. The Hall–Kier alpha value is -1.91. The zero-order chi connectivity index (χ0) is 13.0. The average Bonchev–Trinajstić information content (AvgIpc) is 2.41. The van der Waals surface area contributed by atoms with Crippen LogP contribution in [0.1, 0.15) is 23.3 Å². The van der Waals surface area contributed by atoms with Crippen molar-refractivity contribution in [2.24, 2.45) is 5.73 Å². The van der Waals surface area contributed by atoms with Gasteiger partial charge in [0.1, 0.15) is 11.9 Å². The summed E-state index contributed by atoms with van der Waals surface area (Å²) >= 11 is 0. The van der Waals surface area contributed by atoms with Crippen molar-refractivity contribution in [1.29, 1.82) is 0 Å². The second-order valence-corrected chi connectivity index (χ2v) is 4.07. The first-order valence-corrected chi connectivity index (χ1v) is 5.77. The normalized spacial score (nSPS) is 14.1. The van der Waals surface area contributed by atoms with Crippen molar-refractivity contribution in [1.82, 2.24) is 4.98 Å². The Morgan fingerprint density at radius 3 is 2.44 bits per heavy atom. The van der Waals surface area contributed by atoms with Crippen LogP contribution in [0.3, 0.4) is 0 Å². The van der Waals surface area contributed by atoms with Crippen LogP contribution < -0.4 is 11.5 Å². The summed E-state index contributed by atoms with van der Waals surface area (Å²) in [4.78, 5) is 4.05. The third kappa shape index (κ3) is 2.50. The third-order valence-electron chi connectivity index (χ3n) is 2.94. The van der Waals surface area contributed by atoms with E-state index in [0.717, 1.165) is 11.1 Å². The van der Waals surface area contributed by atoms with E-state index in [1.165, 1.54) is 0 Å². The molecule has 2 rings (SSSR count). The Morgan fingerprint density at radius 1 is 1.11 bits per heavy atom. The summed E-state index contributed by atoms with van der Waals surface area (Å²) in [6.45, 7) is 0. The number of nitrogens with two attached hydrogens (primary N) is 2. The molecule has 0 amide bonds. The molecule has 0 saturated carbocycles. The van der Waals surface area contributed by atoms with Gasteiger partial charge in [-0.3, -0.25) is 0 Å². The highest BCUT2D eigenvalue weighted by Crippen LogP contribution is 2.31. The molecule has 0 aliphatic rings. The Labute approximate surface area is 107 Å². The van der Waals surface area contributed by atoms with E-state index in [9.17, 15) is 0 Å². The van der Waals surface area contributed by atoms with Crippen molar-refractivity contribution in [3.63, 3.8) is 0 Å². The SMILES string of the molecule is COC(c1ccccc1)C(N)c1cccnc1N. The highest BCUT2D eigenvalue weighted by Gasteiger charge is 2.22. The first kappa shape index (κ1) is 12.5. The second kappa shape index (κ2) is 5.62. The first-order chi connectivity index (χ1) is 8.74. The van der Waals surface area contributed by atoms with Gasteiger partial charge in [-0.05, 0) is 11.6 Å². The number of benzene rings is 1. The van der Waals surface area contributed by atoms with Crippen LogP contribution in [0.25, 0.3) is 0 Å². The number of methoxy groups -OCH3 is 1. The molecule has 0 saturated heterocycles. The molecule has 1 aromatic carbocycles. The molecule has 2 atom stereocenters. The zero-order valence-corrected chi connectivity index (χ0v) is 10.3. The molecule has 4 heteroatoms. The highest BCUT2D eigenvalue weighted by molar-refractivity contribution is 5.42. The van der Waals surface area contributed by atoms with Crippen molar-refractivity contribution in [2.45, 2.75) is 12.1 Å². The van der Waals surface area contributed by atoms with Crippen LogP contribution >= 0.6 is 0 Å². The van der Waals surface area contributed by atoms with E-state index in [-0.39, 0.29) is 12.1 Å². The maximum absolute atomic E-state index is 6.24. The molecular weight excluding hydrogens is 226 g/mol. The van der Waals surface area contributed by atoms with Gasteiger partial charge in [0, 0.05) is 18.9 Å². The van der Waals surface area contributed by atoms with Gasteiger partial charge in [-0.1, -0.05) is 36.4 Å². The van der Waals surface area contributed by atoms with Crippen LogP contribution in [0.15, 0.2) is 48.7 Å². The van der Waals surface area contributed by atoms with Gasteiger partial charge in [0.25, 0.3) is 0 Å². The quantitative estimate of drug-likeness (QED) is 0.861. The van der Waals surface area contributed by atoms with E-state index in [1.54, 1.807) is 13.3 Å². The fourth-order valence-electron chi connectivity index (χ4n) is 2.01. The van der Waals surface area contributed by atoms with Gasteiger partial charge in [0.2, 0.25) is 0 Å². The molecule has 1 aromatic heterocycles. The Morgan fingerprint density at radius 2 is 1.83 bits per heavy atom. The van der Waals surface area contributed by atoms with Crippen LogP contribution in [0, 0.1) is 0 Å². The van der Waals surface area contributed by atoms with Crippen molar-refractivity contribution in [3.05, 3.63) is 59.8 Å².